The van der Waals surface area contributed by atoms with E-state index in [0.717, 1.165) is 0 Å². The lowest BCUT2D eigenvalue weighted by Crippen LogP contribution is -2.36. The van der Waals surface area contributed by atoms with Crippen LogP contribution in [0.3, 0.4) is 0 Å². The van der Waals surface area contributed by atoms with Gasteiger partial charge in [-0.05, 0) is 71.8 Å². The van der Waals surface area contributed by atoms with Gasteiger partial charge in [0, 0.05) is 73.1 Å². The highest BCUT2D eigenvalue weighted by Gasteiger charge is 2.25. The van der Waals surface area contributed by atoms with Gasteiger partial charge in [-0.1, -0.05) is 92.5 Å². The van der Waals surface area contributed by atoms with E-state index in [2.05, 4.69) is 21.3 Å². The molecule has 0 aliphatic rings. The van der Waals surface area contributed by atoms with Crippen molar-refractivity contribution in [3.05, 3.63) is 119 Å². The number of hydrogen-bond acceptors (Lipinski definition) is 14. The Morgan fingerprint density at radius 2 is 0.754 bits per heavy atom. The van der Waals surface area contributed by atoms with Gasteiger partial charge in [-0.2, -0.15) is 0 Å². The molecule has 0 bridgehead atoms. The van der Waals surface area contributed by atoms with Crippen LogP contribution >= 0.6 is 0 Å². The van der Waals surface area contributed by atoms with Gasteiger partial charge in [0.05, 0.1) is 13.2 Å². The highest BCUT2D eigenvalue weighted by Crippen LogP contribution is 2.19. The molecule has 11 N–H and O–H groups in total. The Morgan fingerprint density at radius 3 is 1.07 bits per heavy atom. The molecule has 0 fully saturated rings. The third kappa shape index (κ3) is 19.2. The highest BCUT2D eigenvalue weighted by molar-refractivity contribution is 6.64. The molecule has 0 saturated carbocycles. The molecule has 4 aromatic carbocycles. The zero-order chi connectivity index (χ0) is 50.3. The van der Waals surface area contributed by atoms with Gasteiger partial charge < -0.3 is 61.2 Å². The third-order valence-electron chi connectivity index (χ3n) is 11.4. The van der Waals surface area contributed by atoms with E-state index < -0.39 is 40.1 Å². The molecule has 0 spiro atoms. The molecule has 4 amide bonds. The average Bonchev–Trinajstić information content (AvgIpc) is 3.34. The predicted octanol–water partition coefficient (Wildman–Crippen LogP) is -1.93. The predicted molar refractivity (Wildman–Crippen MR) is 263 cm³/mol. The molecule has 0 saturated heterocycles. The number of nitrogens with one attached hydrogen (secondary N) is 4. The SMILES string of the molecule is CB(O)c1ccc(C(=O)CC(CCCCNC(=O)c2ccc(B(O)O)cc2)C(=O)NCCOCCNC(=O)C(CCCCNC(=O)c2ccc(B(O)O)cc2)CC(=O)c2ccc(B(O)O)cc2)cc1. The van der Waals surface area contributed by atoms with E-state index in [4.69, 9.17) is 4.74 Å². The van der Waals surface area contributed by atoms with Gasteiger partial charge in [0.25, 0.3) is 11.8 Å². The topological polar surface area (TPSA) is 301 Å². The van der Waals surface area contributed by atoms with Crippen LogP contribution in [0.1, 0.15) is 92.8 Å². The lowest BCUT2D eigenvalue weighted by molar-refractivity contribution is -0.125. The van der Waals surface area contributed by atoms with Gasteiger partial charge in [-0.3, -0.25) is 28.8 Å². The molecule has 0 aliphatic carbocycles. The maximum atomic E-state index is 13.4. The first-order valence-corrected chi connectivity index (χ1v) is 23.0. The Balaban J connectivity index is 1.24. The number of unbranched alkanes of at least 4 members (excludes halogenated alkanes) is 2. The van der Waals surface area contributed by atoms with Crippen molar-refractivity contribution in [1.82, 2.24) is 21.3 Å². The van der Waals surface area contributed by atoms with Crippen molar-refractivity contribution in [1.29, 1.82) is 0 Å². The average molecular weight is 948 g/mol. The van der Waals surface area contributed by atoms with E-state index in [9.17, 15) is 63.9 Å². The number of amides is 4. The smallest absolute Gasteiger partial charge is 0.447 e. The zero-order valence-corrected chi connectivity index (χ0v) is 38.6. The molecule has 4 aromatic rings. The van der Waals surface area contributed by atoms with Crippen LogP contribution in [-0.2, 0) is 14.3 Å². The molecule has 2 atom stereocenters. The first-order chi connectivity index (χ1) is 33.0. The third-order valence-corrected chi connectivity index (χ3v) is 11.4. The quantitative estimate of drug-likeness (QED) is 0.0154. The Hall–Kier alpha value is -5.96. The fourth-order valence-electron chi connectivity index (χ4n) is 7.26. The van der Waals surface area contributed by atoms with E-state index in [1.165, 1.54) is 72.8 Å². The standard InChI is InChI=1S/C47H60B4N4O14/c1-48(62)38-16-8-32(9-17-38)42(56)30-36(6-2-4-24-52-44(58)34-12-20-40(21-13-34)50(65)66)46(60)54-26-28-69-29-27-55-47(61)37(31-43(57)33-10-18-39(19-11-33)49(63)64)7-3-5-25-53-45(59)35-14-22-41(23-15-35)51(67)68/h8-23,36-37,62-68H,2-7,24-31H2,1H3,(H,52,58)(H,53,59)(H,54,60)(H,55,61). The van der Waals surface area contributed by atoms with Crippen LogP contribution in [0.25, 0.3) is 0 Å². The molecular weight excluding hydrogens is 888 g/mol. The van der Waals surface area contributed by atoms with E-state index in [1.807, 2.05) is 0 Å². The van der Waals surface area contributed by atoms with Gasteiger partial charge in [0.1, 0.15) is 0 Å². The Bertz CT molecular complexity index is 2110. The molecule has 18 nitrogen and oxygen atoms in total. The van der Waals surface area contributed by atoms with Crippen molar-refractivity contribution in [3.8, 4) is 0 Å². The second-order valence-corrected chi connectivity index (χ2v) is 16.6. The van der Waals surface area contributed by atoms with Gasteiger partial charge in [-0.15, -0.1) is 0 Å². The summed E-state index contributed by atoms with van der Waals surface area (Å²) in [7, 11) is -5.00. The van der Waals surface area contributed by atoms with E-state index in [0.29, 0.717) is 72.8 Å². The molecule has 0 aliphatic heterocycles. The number of hydrogen-bond donors (Lipinski definition) is 11. The molecule has 69 heavy (non-hydrogen) atoms. The summed E-state index contributed by atoms with van der Waals surface area (Å²) >= 11 is 0. The van der Waals surface area contributed by atoms with E-state index >= 15 is 0 Å². The van der Waals surface area contributed by atoms with Gasteiger partial charge >= 0.3 is 28.3 Å². The van der Waals surface area contributed by atoms with Crippen LogP contribution in [0, 0.1) is 11.8 Å². The van der Waals surface area contributed by atoms with E-state index in [-0.39, 0.29) is 97.3 Å². The maximum absolute atomic E-state index is 13.4. The van der Waals surface area contributed by atoms with Crippen LogP contribution in [0.2, 0.25) is 6.82 Å². The highest BCUT2D eigenvalue weighted by atomic mass is 16.5. The van der Waals surface area contributed by atoms with Crippen molar-refractivity contribution in [2.45, 2.75) is 58.2 Å². The minimum absolute atomic E-state index is 0.0789. The summed E-state index contributed by atoms with van der Waals surface area (Å²) in [6.07, 6.45) is 2.46. The molecule has 22 heteroatoms. The molecule has 4 rings (SSSR count). The largest absolute Gasteiger partial charge is 0.488 e. The van der Waals surface area contributed by atoms with Gasteiger partial charge in [0.2, 0.25) is 11.8 Å². The number of rotatable bonds is 30. The first kappa shape index (κ1) is 55.6. The number of carbonyl (C=O) groups excluding carboxylic acids is 6. The van der Waals surface area contributed by atoms with Gasteiger partial charge in [-0.25, -0.2) is 0 Å². The normalized spacial score (nSPS) is 11.7. The number of benzene rings is 4. The second kappa shape index (κ2) is 29.2. The maximum Gasteiger partial charge on any atom is 0.488 e. The Kier molecular flexibility index (Phi) is 23.5. The van der Waals surface area contributed by atoms with Crippen LogP contribution in [-0.4, -0.2) is 138 Å². The summed E-state index contributed by atoms with van der Waals surface area (Å²) in [5.74, 6) is -3.45. The van der Waals surface area contributed by atoms with Gasteiger partial charge in [0.15, 0.2) is 11.6 Å². The molecule has 364 valence electrons. The van der Waals surface area contributed by atoms with Crippen molar-refractivity contribution >= 4 is 85.3 Å². The lowest BCUT2D eigenvalue weighted by atomic mass is 9.64. The fraction of sp³-hybridized carbons (Fsp3) is 0.362. The summed E-state index contributed by atoms with van der Waals surface area (Å²) in [5, 5.41) is 77.1. The second-order valence-electron chi connectivity index (χ2n) is 16.6. The Morgan fingerprint density at radius 1 is 0.435 bits per heavy atom. The fourth-order valence-corrected chi connectivity index (χ4v) is 7.26. The molecular formula is C47H60B4N4O14. The summed E-state index contributed by atoms with van der Waals surface area (Å²) in [4.78, 5) is 78.5. The van der Waals surface area contributed by atoms with Crippen molar-refractivity contribution < 1.29 is 68.7 Å². The van der Waals surface area contributed by atoms with Crippen molar-refractivity contribution in [2.75, 3.05) is 39.4 Å². The number of carbonyl (C=O) groups is 6. The molecule has 2 unspecified atom stereocenters. The monoisotopic (exact) mass is 948 g/mol. The minimum atomic E-state index is -1.70. The minimum Gasteiger partial charge on any atom is -0.447 e. The van der Waals surface area contributed by atoms with Crippen molar-refractivity contribution in [2.24, 2.45) is 11.8 Å². The van der Waals surface area contributed by atoms with Crippen LogP contribution < -0.4 is 43.1 Å². The Labute approximate surface area is 402 Å². The number of Topliss-reactive ketones (excluding diaryl/α,β-unsaturated/α-hetero) is 2. The van der Waals surface area contributed by atoms with Crippen LogP contribution in [0.15, 0.2) is 97.1 Å². The summed E-state index contributed by atoms with van der Waals surface area (Å²) < 4.78 is 5.68. The summed E-state index contributed by atoms with van der Waals surface area (Å²) in [6.45, 7) is 1.88. The zero-order valence-electron chi connectivity index (χ0n) is 38.6. The first-order valence-electron chi connectivity index (χ1n) is 23.0. The van der Waals surface area contributed by atoms with Crippen molar-refractivity contribution in [3.63, 3.8) is 0 Å². The summed E-state index contributed by atoms with van der Waals surface area (Å²) in [5.41, 5.74) is 2.72. The van der Waals surface area contributed by atoms with Crippen LogP contribution in [0.4, 0.5) is 0 Å². The lowest BCUT2D eigenvalue weighted by Gasteiger charge is -2.18. The molecule has 0 aromatic heterocycles. The molecule has 0 radical (unpaired) electrons. The van der Waals surface area contributed by atoms with E-state index in [1.54, 1.807) is 31.1 Å². The van der Waals surface area contributed by atoms with Crippen LogP contribution in [0.5, 0.6) is 0 Å². The number of ether oxygens (including phenoxy) is 1. The summed E-state index contributed by atoms with van der Waals surface area (Å²) in [6, 6.07) is 23.9. The molecule has 0 heterocycles. The number of ketones is 2.